The fourth-order valence-corrected chi connectivity index (χ4v) is 5.15. The van der Waals surface area contributed by atoms with Gasteiger partial charge in [0.25, 0.3) is 0 Å². The van der Waals surface area contributed by atoms with E-state index in [1.807, 2.05) is 0 Å². The summed E-state index contributed by atoms with van der Waals surface area (Å²) in [5, 5.41) is 39.8. The third-order valence-corrected chi connectivity index (χ3v) is 7.39. The first-order valence-electron chi connectivity index (χ1n) is 12.3. The van der Waals surface area contributed by atoms with Gasteiger partial charge in [-0.2, -0.15) is 23.0 Å². The highest BCUT2D eigenvalue weighted by Crippen LogP contribution is 2.42. The fourth-order valence-electron chi connectivity index (χ4n) is 4.87. The normalized spacial score (nSPS) is 22.5. The number of ether oxygens (including phenoxy) is 1. The summed E-state index contributed by atoms with van der Waals surface area (Å²) >= 11 is 11.6. The highest BCUT2D eigenvalue weighted by molar-refractivity contribution is 6.31. The lowest BCUT2D eigenvalue weighted by Crippen LogP contribution is -2.53. The van der Waals surface area contributed by atoms with Gasteiger partial charge in [-0.25, -0.2) is 18.4 Å². The Morgan fingerprint density at radius 3 is 2.35 bits per heavy atom. The van der Waals surface area contributed by atoms with E-state index in [4.69, 9.17) is 34.5 Å². The Morgan fingerprint density at radius 1 is 1.07 bits per heavy atom. The van der Waals surface area contributed by atoms with Gasteiger partial charge in [0.05, 0.1) is 17.9 Å². The molecule has 1 aliphatic rings. The summed E-state index contributed by atoms with van der Waals surface area (Å²) in [4.78, 5) is 7.43. The molecule has 5 atom stereocenters. The number of hydrogen-bond acceptors (Lipinski definition) is 7. The first kappa shape index (κ1) is 30.8. The average molecular weight is 645 g/mol. The summed E-state index contributed by atoms with van der Waals surface area (Å²) in [6, 6.07) is 3.02. The van der Waals surface area contributed by atoms with Crippen LogP contribution in [0.2, 0.25) is 10.0 Å². The van der Waals surface area contributed by atoms with Crippen LogP contribution in [-0.2, 0) is 10.9 Å². The molecular formula is C26H19Cl2F5N6O4. The van der Waals surface area contributed by atoms with Crippen LogP contribution in [0.4, 0.5) is 27.8 Å². The van der Waals surface area contributed by atoms with Crippen molar-refractivity contribution in [2.75, 3.05) is 6.61 Å². The van der Waals surface area contributed by atoms with Crippen LogP contribution in [0.3, 0.4) is 0 Å². The second kappa shape index (κ2) is 11.5. The minimum Gasteiger partial charge on any atom is -0.394 e. The number of nitrogens with zero attached hydrogens (tertiary/aromatic N) is 6. The summed E-state index contributed by atoms with van der Waals surface area (Å²) in [5.41, 5.74) is -1.86. The van der Waals surface area contributed by atoms with E-state index in [0.29, 0.717) is 0 Å². The van der Waals surface area contributed by atoms with Gasteiger partial charge >= 0.3 is 12.0 Å². The molecule has 3 N–H and O–H groups in total. The Hall–Kier alpha value is -3.65. The van der Waals surface area contributed by atoms with Gasteiger partial charge in [0, 0.05) is 16.8 Å². The largest absolute Gasteiger partial charge is 0.418 e. The highest BCUT2D eigenvalue weighted by Gasteiger charge is 2.49. The molecule has 2 unspecified atom stereocenters. The summed E-state index contributed by atoms with van der Waals surface area (Å²) in [6.45, 7) is 8.07. The highest BCUT2D eigenvalue weighted by atomic mass is 35.5. The Kier molecular flexibility index (Phi) is 8.20. The van der Waals surface area contributed by atoms with Crippen LogP contribution >= 0.6 is 23.2 Å². The first-order chi connectivity index (χ1) is 20.2. The number of halogens is 7. The molecular weight excluding hydrogens is 626 g/mol. The molecule has 43 heavy (non-hydrogen) atoms. The van der Waals surface area contributed by atoms with Gasteiger partial charge in [-0.15, -0.1) is 0 Å². The Balaban J connectivity index is 1.63. The van der Waals surface area contributed by atoms with Crippen molar-refractivity contribution in [1.82, 2.24) is 24.5 Å². The van der Waals surface area contributed by atoms with Crippen LogP contribution < -0.4 is 0 Å². The summed E-state index contributed by atoms with van der Waals surface area (Å²) < 4.78 is 77.6. The van der Waals surface area contributed by atoms with Crippen LogP contribution in [0.5, 0.6) is 0 Å². The number of aliphatic hydroxyl groups excluding tert-OH is 3. The minimum atomic E-state index is -4.84. The standard InChI is InChI=1S/C26H19Cl2F5N6O4/c1-10-35-25(39(36-10)17-7-12(27)3-4-14(17)26(31,32)33)23-22(42)20(21(41)18(9-40)43-23)38-8-13(24(34-2)37-38)11-5-15(29)19(28)16(30)6-11/h3-8,18,20-23,40-42H,9H2,1H3/t18?,20?,21-,22-,23+/m0/s1. The molecule has 1 fully saturated rings. The lowest BCUT2D eigenvalue weighted by atomic mass is 9.92. The Labute approximate surface area is 249 Å². The van der Waals surface area contributed by atoms with E-state index in [9.17, 15) is 37.3 Å². The van der Waals surface area contributed by atoms with E-state index in [2.05, 4.69) is 20.0 Å². The molecule has 4 aromatic rings. The molecule has 0 radical (unpaired) electrons. The second-order valence-corrected chi connectivity index (χ2v) is 10.4. The number of alkyl halides is 3. The van der Waals surface area contributed by atoms with E-state index in [-0.39, 0.29) is 33.6 Å². The zero-order chi connectivity index (χ0) is 31.4. The zero-order valence-corrected chi connectivity index (χ0v) is 23.1. The Morgan fingerprint density at radius 2 is 1.74 bits per heavy atom. The van der Waals surface area contributed by atoms with Gasteiger partial charge in [-0.3, -0.25) is 0 Å². The third kappa shape index (κ3) is 5.57. The number of benzene rings is 2. The first-order valence-corrected chi connectivity index (χ1v) is 13.0. The second-order valence-electron chi connectivity index (χ2n) is 9.55. The maximum Gasteiger partial charge on any atom is 0.418 e. The van der Waals surface area contributed by atoms with Crippen molar-refractivity contribution in [3.63, 3.8) is 0 Å². The summed E-state index contributed by atoms with van der Waals surface area (Å²) in [5.74, 6) is -2.92. The monoisotopic (exact) mass is 644 g/mol. The van der Waals surface area contributed by atoms with Gasteiger partial charge < -0.3 is 24.9 Å². The fraction of sp³-hybridized carbons (Fsp3) is 0.308. The van der Waals surface area contributed by atoms with Crippen molar-refractivity contribution in [2.45, 2.75) is 43.6 Å². The lowest BCUT2D eigenvalue weighted by molar-refractivity contribution is -0.210. The molecule has 5 rings (SSSR count). The number of aromatic nitrogens is 5. The SMILES string of the molecule is [C-]#[N+]c1nn(C2[C@@H](O)C(CO)O[C@@H](c3nc(C)nn3-c3cc(Cl)ccc3C(F)(F)F)[C@H]2O)cc1-c1cc(F)c(Cl)c(F)c1. The topological polar surface area (TPSA) is 123 Å². The molecule has 0 saturated carbocycles. The smallest absolute Gasteiger partial charge is 0.394 e. The predicted octanol–water partition coefficient (Wildman–Crippen LogP) is 4.99. The molecule has 226 valence electrons. The molecule has 0 aliphatic carbocycles. The number of rotatable bonds is 5. The number of aliphatic hydroxyl groups is 3. The maximum atomic E-state index is 14.2. The Bertz CT molecular complexity index is 1720. The van der Waals surface area contributed by atoms with Gasteiger partial charge in [-0.05, 0) is 47.9 Å². The molecule has 10 nitrogen and oxygen atoms in total. The molecule has 1 aliphatic heterocycles. The number of aryl methyl sites for hydroxylation is 1. The molecule has 0 bridgehead atoms. The van der Waals surface area contributed by atoms with E-state index in [1.54, 1.807) is 0 Å². The van der Waals surface area contributed by atoms with E-state index < -0.39 is 71.1 Å². The van der Waals surface area contributed by atoms with Crippen LogP contribution in [0.1, 0.15) is 29.4 Å². The van der Waals surface area contributed by atoms with E-state index in [1.165, 1.54) is 6.92 Å². The van der Waals surface area contributed by atoms with Gasteiger partial charge in [0.2, 0.25) is 0 Å². The molecule has 0 amide bonds. The van der Waals surface area contributed by atoms with Crippen LogP contribution in [0.25, 0.3) is 21.7 Å². The molecule has 3 heterocycles. The van der Waals surface area contributed by atoms with Crippen molar-refractivity contribution < 1.29 is 42.0 Å². The zero-order valence-electron chi connectivity index (χ0n) is 21.6. The molecule has 1 saturated heterocycles. The van der Waals surface area contributed by atoms with Crippen molar-refractivity contribution in [3.05, 3.63) is 86.8 Å². The van der Waals surface area contributed by atoms with Gasteiger partial charge in [0.1, 0.15) is 52.9 Å². The average Bonchev–Trinajstić information content (AvgIpc) is 3.54. The van der Waals surface area contributed by atoms with Crippen LogP contribution in [-0.4, -0.2) is 64.8 Å². The molecule has 0 spiro atoms. The van der Waals surface area contributed by atoms with Crippen LogP contribution in [0.15, 0.2) is 36.5 Å². The molecule has 2 aromatic carbocycles. The summed E-state index contributed by atoms with van der Waals surface area (Å²) in [7, 11) is 0. The quantitative estimate of drug-likeness (QED) is 0.159. The van der Waals surface area contributed by atoms with Gasteiger partial charge in [-0.1, -0.05) is 29.8 Å². The van der Waals surface area contributed by atoms with Crippen molar-refractivity contribution >= 4 is 29.0 Å². The van der Waals surface area contributed by atoms with Gasteiger partial charge in [0.15, 0.2) is 5.82 Å². The van der Waals surface area contributed by atoms with E-state index in [0.717, 1.165) is 45.9 Å². The predicted molar refractivity (Wildman–Crippen MR) is 141 cm³/mol. The van der Waals surface area contributed by atoms with Crippen molar-refractivity contribution in [2.24, 2.45) is 0 Å². The van der Waals surface area contributed by atoms with E-state index >= 15 is 0 Å². The third-order valence-electron chi connectivity index (χ3n) is 6.80. The van der Waals surface area contributed by atoms with Crippen molar-refractivity contribution in [1.29, 1.82) is 0 Å². The lowest BCUT2D eigenvalue weighted by Gasteiger charge is -2.41. The van der Waals surface area contributed by atoms with Crippen molar-refractivity contribution in [3.8, 4) is 16.8 Å². The minimum absolute atomic E-state index is 0.00872. The van der Waals surface area contributed by atoms with Crippen LogP contribution in [0, 0.1) is 25.1 Å². The molecule has 2 aromatic heterocycles. The molecule has 17 heteroatoms. The maximum absolute atomic E-state index is 14.2. The summed E-state index contributed by atoms with van der Waals surface area (Å²) in [6.07, 6.45) is -10.2. The number of hydrogen-bond donors (Lipinski definition) is 3.